The Morgan fingerprint density at radius 3 is 1.68 bits per heavy atom. The van der Waals surface area contributed by atoms with Crippen LogP contribution in [-0.2, 0) is 9.53 Å². The molecule has 1 rings (SSSR count). The molecule has 0 aromatic heterocycles. The molecule has 1 saturated heterocycles. The smallest absolute Gasteiger partial charge is 0.475 e. The average molecular weight is 414 g/mol. The molecule has 0 aromatic rings. The van der Waals surface area contributed by atoms with Crippen molar-refractivity contribution in [2.24, 2.45) is 5.73 Å². The van der Waals surface area contributed by atoms with E-state index in [4.69, 9.17) is 20.4 Å². The molecule has 0 bridgehead atoms. The Bertz CT molecular complexity index is 394. The van der Waals surface area contributed by atoms with E-state index in [1.807, 2.05) is 0 Å². The van der Waals surface area contributed by atoms with E-state index in [1.165, 1.54) is 70.6 Å². The number of rotatable bonds is 13. The summed E-state index contributed by atoms with van der Waals surface area (Å²) in [6, 6.07) is -0.174. The van der Waals surface area contributed by atoms with Crippen LogP contribution in [0.4, 0.5) is 13.2 Å². The molecular weight excluding hydrogens is 375 g/mol. The molecule has 1 aliphatic rings. The minimum atomic E-state index is -5.08. The van der Waals surface area contributed by atoms with Crippen LogP contribution in [0.15, 0.2) is 0 Å². The van der Waals surface area contributed by atoms with Gasteiger partial charge in [-0.1, -0.05) is 84.0 Å². The predicted molar refractivity (Wildman–Crippen MR) is 103 cm³/mol. The van der Waals surface area contributed by atoms with Gasteiger partial charge in [0, 0.05) is 0 Å². The fourth-order valence-corrected chi connectivity index (χ4v) is 3.15. The van der Waals surface area contributed by atoms with Crippen LogP contribution in [0.1, 0.15) is 90.4 Å². The van der Waals surface area contributed by atoms with Crippen LogP contribution in [0.25, 0.3) is 0 Å². The minimum Gasteiger partial charge on any atom is -0.475 e. The van der Waals surface area contributed by atoms with Gasteiger partial charge in [-0.25, -0.2) is 4.79 Å². The van der Waals surface area contributed by atoms with Crippen LogP contribution < -0.4 is 5.73 Å². The number of nitrogens with two attached hydrogens (primary N) is 1. The summed E-state index contributed by atoms with van der Waals surface area (Å²) in [4.78, 5) is 8.90. The molecule has 168 valence electrons. The molecule has 1 aliphatic heterocycles. The van der Waals surface area contributed by atoms with Crippen LogP contribution in [0.3, 0.4) is 0 Å². The topological polar surface area (TPSA) is 92.8 Å². The lowest BCUT2D eigenvalue weighted by Gasteiger charge is -2.14. The SMILES string of the molecule is CCCCCCCCCCCCCC[C@H]1OC[C@@H](N)[C@H]1O.O=C(O)C(F)(F)F. The summed E-state index contributed by atoms with van der Waals surface area (Å²) in [5, 5.41) is 16.9. The quantitative estimate of drug-likeness (QED) is 0.377. The zero-order chi connectivity index (χ0) is 21.4. The number of unbranched alkanes of at least 4 members (excludes halogenated alkanes) is 11. The summed E-state index contributed by atoms with van der Waals surface area (Å²) in [6.45, 7) is 2.79. The number of carboxylic acids is 1. The summed E-state index contributed by atoms with van der Waals surface area (Å²) in [5.41, 5.74) is 5.73. The standard InChI is InChI=1S/C18H37NO2.C2HF3O2/c1-2-3-4-5-6-7-8-9-10-11-12-13-14-17-18(20)16(19)15-21-17;3-2(4,5)1(6)7/h16-18,20H,2-15,19H2,1H3;(H,6,7)/t16-,17-,18-;/m1./s1. The highest BCUT2D eigenvalue weighted by atomic mass is 19.4. The second-order valence-corrected chi connectivity index (χ2v) is 7.51. The summed E-state index contributed by atoms with van der Waals surface area (Å²) >= 11 is 0. The van der Waals surface area contributed by atoms with E-state index in [2.05, 4.69) is 6.92 Å². The predicted octanol–water partition coefficient (Wildman–Crippen LogP) is 4.80. The molecule has 0 unspecified atom stereocenters. The lowest BCUT2D eigenvalue weighted by Crippen LogP contribution is -2.36. The van der Waals surface area contributed by atoms with Crippen LogP contribution in [-0.4, -0.2) is 47.2 Å². The van der Waals surface area contributed by atoms with Gasteiger partial charge < -0.3 is 20.7 Å². The maximum atomic E-state index is 10.6. The molecular formula is C20H38F3NO4. The summed E-state index contributed by atoms with van der Waals surface area (Å²) in [5.74, 6) is -2.76. The van der Waals surface area contributed by atoms with Crippen molar-refractivity contribution in [3.63, 3.8) is 0 Å². The summed E-state index contributed by atoms with van der Waals surface area (Å²) in [7, 11) is 0. The van der Waals surface area contributed by atoms with Gasteiger partial charge in [0.25, 0.3) is 0 Å². The molecule has 0 aromatic carbocycles. The van der Waals surface area contributed by atoms with E-state index in [9.17, 15) is 18.3 Å². The Kier molecular flexibility index (Phi) is 15.5. The van der Waals surface area contributed by atoms with Crippen LogP contribution in [0, 0.1) is 0 Å². The van der Waals surface area contributed by atoms with Gasteiger partial charge in [-0.15, -0.1) is 0 Å². The van der Waals surface area contributed by atoms with Crippen molar-refractivity contribution in [3.05, 3.63) is 0 Å². The highest BCUT2D eigenvalue weighted by molar-refractivity contribution is 5.73. The fraction of sp³-hybridized carbons (Fsp3) is 0.950. The molecule has 0 saturated carbocycles. The second kappa shape index (κ2) is 16.0. The molecule has 0 amide bonds. The van der Waals surface area contributed by atoms with E-state index in [0.717, 1.165) is 12.8 Å². The zero-order valence-electron chi connectivity index (χ0n) is 17.1. The van der Waals surface area contributed by atoms with Crippen LogP contribution >= 0.6 is 0 Å². The molecule has 5 nitrogen and oxygen atoms in total. The minimum absolute atomic E-state index is 0.0110. The van der Waals surface area contributed by atoms with Crippen LogP contribution in [0.2, 0.25) is 0 Å². The Labute approximate surface area is 166 Å². The number of hydrogen-bond donors (Lipinski definition) is 3. The number of ether oxygens (including phenoxy) is 1. The molecule has 3 atom stereocenters. The van der Waals surface area contributed by atoms with Gasteiger partial charge in [0.2, 0.25) is 0 Å². The summed E-state index contributed by atoms with van der Waals surface area (Å²) in [6.07, 6.45) is 11.8. The van der Waals surface area contributed by atoms with Gasteiger partial charge in [0.15, 0.2) is 0 Å². The number of alkyl halides is 3. The lowest BCUT2D eigenvalue weighted by molar-refractivity contribution is -0.192. The Hall–Kier alpha value is -0.860. The van der Waals surface area contributed by atoms with Crippen molar-refractivity contribution in [2.45, 2.75) is 115 Å². The van der Waals surface area contributed by atoms with E-state index >= 15 is 0 Å². The number of carbonyl (C=O) groups is 1. The highest BCUT2D eigenvalue weighted by Gasteiger charge is 2.38. The third-order valence-electron chi connectivity index (χ3n) is 4.91. The van der Waals surface area contributed by atoms with Gasteiger partial charge in [0.1, 0.15) is 0 Å². The van der Waals surface area contributed by atoms with Gasteiger partial charge in [0.05, 0.1) is 24.9 Å². The number of halogens is 3. The van der Waals surface area contributed by atoms with Crippen LogP contribution in [0.5, 0.6) is 0 Å². The normalized spacial score (nSPS) is 22.0. The Balaban J connectivity index is 0.000000887. The molecule has 28 heavy (non-hydrogen) atoms. The maximum Gasteiger partial charge on any atom is 0.490 e. The third-order valence-corrected chi connectivity index (χ3v) is 4.91. The van der Waals surface area contributed by atoms with Gasteiger partial charge in [-0.05, 0) is 6.42 Å². The van der Waals surface area contributed by atoms with E-state index in [-0.39, 0.29) is 12.1 Å². The number of aliphatic hydroxyl groups excluding tert-OH is 1. The van der Waals surface area contributed by atoms with E-state index < -0.39 is 18.2 Å². The Morgan fingerprint density at radius 1 is 0.964 bits per heavy atom. The first kappa shape index (κ1) is 27.1. The first-order chi connectivity index (χ1) is 13.2. The molecule has 1 fully saturated rings. The largest absolute Gasteiger partial charge is 0.490 e. The van der Waals surface area contributed by atoms with Gasteiger partial charge in [-0.3, -0.25) is 0 Å². The van der Waals surface area contributed by atoms with E-state index in [0.29, 0.717) is 6.61 Å². The Morgan fingerprint density at radius 2 is 1.36 bits per heavy atom. The number of aliphatic carboxylic acids is 1. The first-order valence-electron chi connectivity index (χ1n) is 10.6. The molecule has 4 N–H and O–H groups in total. The van der Waals surface area contributed by atoms with Crippen molar-refractivity contribution < 1.29 is 32.9 Å². The zero-order valence-corrected chi connectivity index (χ0v) is 17.1. The van der Waals surface area contributed by atoms with Crippen molar-refractivity contribution in [3.8, 4) is 0 Å². The molecule has 0 spiro atoms. The maximum absolute atomic E-state index is 10.6. The lowest BCUT2D eigenvalue weighted by atomic mass is 10.0. The number of hydrogen-bond acceptors (Lipinski definition) is 4. The number of carboxylic acid groups (broad SMARTS) is 1. The van der Waals surface area contributed by atoms with Crippen molar-refractivity contribution in [2.75, 3.05) is 6.61 Å². The first-order valence-corrected chi connectivity index (χ1v) is 10.6. The molecule has 1 heterocycles. The molecule has 0 radical (unpaired) electrons. The number of aliphatic hydroxyl groups is 1. The monoisotopic (exact) mass is 413 g/mol. The molecule has 8 heteroatoms. The molecule has 0 aliphatic carbocycles. The summed E-state index contributed by atoms with van der Waals surface area (Å²) < 4.78 is 37.2. The fourth-order valence-electron chi connectivity index (χ4n) is 3.15. The van der Waals surface area contributed by atoms with E-state index in [1.54, 1.807) is 0 Å². The van der Waals surface area contributed by atoms with Gasteiger partial charge in [-0.2, -0.15) is 13.2 Å². The third kappa shape index (κ3) is 14.2. The average Bonchev–Trinajstić information content (AvgIpc) is 2.94. The van der Waals surface area contributed by atoms with Crippen molar-refractivity contribution >= 4 is 5.97 Å². The highest BCUT2D eigenvalue weighted by Crippen LogP contribution is 2.19. The van der Waals surface area contributed by atoms with Crippen molar-refractivity contribution in [1.82, 2.24) is 0 Å². The second-order valence-electron chi connectivity index (χ2n) is 7.51. The van der Waals surface area contributed by atoms with Gasteiger partial charge >= 0.3 is 12.1 Å². The van der Waals surface area contributed by atoms with Crippen molar-refractivity contribution in [1.29, 1.82) is 0 Å².